The van der Waals surface area contributed by atoms with Crippen LogP contribution in [-0.2, 0) is 92.2 Å². The molecule has 3 aromatic heterocycles. The molecule has 3 aliphatic heterocycles. The van der Waals surface area contributed by atoms with Gasteiger partial charge in [0.2, 0.25) is 5.88 Å². The largest absolute Gasteiger partial charge is 0.465 e. The summed E-state index contributed by atoms with van der Waals surface area (Å²) in [5.74, 6) is -3.47. The number of oxime groups is 1. The molecule has 0 fully saturated rings. The molecule has 0 spiro atoms. The molecule has 562 valence electrons. The highest BCUT2D eigenvalue weighted by Crippen LogP contribution is 2.41. The van der Waals surface area contributed by atoms with Gasteiger partial charge in [-0.15, -0.1) is 16.7 Å². The standard InChI is InChI=1S/C23H32N2O4.C16H18Cl2N2O4.C16H17N3O5S.C15H14Cl2F3N3O3/c1-7-16-13-15(3)14-17(8-2)18(16)19-20(26)24-9-11-28-12-10-25(24)21(19)29-22(27)23(4,5)6;1-4-23-14(21)12-9-16(3,15(22)24-5-2)20(19-12)13-7-6-10(17)8-11(13)18;1-9-10(15(20)11-8-17-19(2)16(11)21)4-5-13(25(3,22)23)14(9)12-6-7-24-18-12;1-3-26-13(24)10(17)4-8-5-12(11(18)6-9(8)16)23-15(25)22(14(19)20)7(2)21-23/h13-14H,7-12H2,1-6H3;6-8H,4-5,9H2,1-3H3;4-5,8,17H,6-7H2,1-3H3;5-6,10,14H,3-4H2,1-2H3. The van der Waals surface area contributed by atoms with Gasteiger partial charge in [0, 0.05) is 59.9 Å². The molecule has 6 heterocycles. The maximum atomic E-state index is 14.2. The zero-order chi connectivity index (χ0) is 77.2. The third-order valence-electron chi connectivity index (χ3n) is 16.5. The van der Waals surface area contributed by atoms with Gasteiger partial charge in [-0.25, -0.2) is 46.1 Å². The van der Waals surface area contributed by atoms with Crippen LogP contribution in [0, 0.1) is 32.0 Å². The lowest BCUT2D eigenvalue weighted by atomic mass is 9.91. The van der Waals surface area contributed by atoms with E-state index in [9.17, 15) is 59.9 Å². The number of hydrogen-bond donors (Lipinski definition) is 1. The van der Waals surface area contributed by atoms with E-state index in [1.807, 2.05) is 20.8 Å². The van der Waals surface area contributed by atoms with Crippen LogP contribution < -0.4 is 26.6 Å². The molecule has 7 aromatic rings. The maximum Gasteiger partial charge on any atom is 0.355 e. The van der Waals surface area contributed by atoms with Crippen molar-refractivity contribution in [3.8, 4) is 22.7 Å². The Labute approximate surface area is 617 Å². The first kappa shape index (κ1) is 82.5. The first-order valence-electron chi connectivity index (χ1n) is 32.9. The van der Waals surface area contributed by atoms with Crippen molar-refractivity contribution in [2.75, 3.05) is 50.9 Å². The first-order valence-corrected chi connectivity index (χ1v) is 36.4. The number of hydrazone groups is 1. The minimum Gasteiger partial charge on any atom is -0.465 e. The highest BCUT2D eigenvalue weighted by atomic mass is 35.5. The molecule has 10 rings (SSSR count). The summed E-state index contributed by atoms with van der Waals surface area (Å²) in [6, 6.07) is 13.9. The summed E-state index contributed by atoms with van der Waals surface area (Å²) in [6.45, 7) is 20.8. The maximum absolute atomic E-state index is 14.2. The number of sulfone groups is 1. The number of halogens is 7. The lowest BCUT2D eigenvalue weighted by Crippen LogP contribution is -2.48. The molecule has 0 saturated carbocycles. The number of carbonyl (C=O) groups is 5. The average molecular weight is 1550 g/mol. The predicted molar refractivity (Wildman–Crippen MR) is 386 cm³/mol. The van der Waals surface area contributed by atoms with E-state index < -0.39 is 73.5 Å². The van der Waals surface area contributed by atoms with E-state index >= 15 is 0 Å². The molecule has 104 heavy (non-hydrogen) atoms. The van der Waals surface area contributed by atoms with Crippen molar-refractivity contribution in [2.24, 2.45) is 22.7 Å². The van der Waals surface area contributed by atoms with Gasteiger partial charge in [0.05, 0.1) is 72.9 Å². The molecule has 2 unspecified atom stereocenters. The van der Waals surface area contributed by atoms with Gasteiger partial charge in [0.1, 0.15) is 40.3 Å². The number of ketones is 1. The normalized spacial score (nSPS) is 15.2. The molecular weight excluding hydrogens is 1470 g/mol. The van der Waals surface area contributed by atoms with Gasteiger partial charge in [-0.3, -0.25) is 28.7 Å². The number of aryl methyl sites for hydroxylation is 5. The van der Waals surface area contributed by atoms with Crippen LogP contribution in [0.15, 0.2) is 90.3 Å². The Morgan fingerprint density at radius 1 is 0.769 bits per heavy atom. The van der Waals surface area contributed by atoms with E-state index in [-0.39, 0.29) is 92.6 Å². The summed E-state index contributed by atoms with van der Waals surface area (Å²) in [5.41, 5.74) is 3.13. The monoisotopic (exact) mass is 1550 g/mol. The second-order valence-corrected chi connectivity index (χ2v) is 28.8. The van der Waals surface area contributed by atoms with Gasteiger partial charge in [-0.2, -0.15) is 18.6 Å². The van der Waals surface area contributed by atoms with Crippen LogP contribution in [0.5, 0.6) is 5.88 Å². The molecule has 0 amide bonds. The van der Waals surface area contributed by atoms with Gasteiger partial charge >= 0.3 is 36.1 Å². The van der Waals surface area contributed by atoms with Gasteiger partial charge in [0.15, 0.2) is 27.0 Å². The van der Waals surface area contributed by atoms with Crippen LogP contribution in [0.2, 0.25) is 15.1 Å². The highest BCUT2D eigenvalue weighted by Gasteiger charge is 2.50. The van der Waals surface area contributed by atoms with Crippen molar-refractivity contribution in [3.63, 3.8) is 0 Å². The van der Waals surface area contributed by atoms with Crippen LogP contribution in [0.1, 0.15) is 137 Å². The van der Waals surface area contributed by atoms with E-state index in [0.29, 0.717) is 88.0 Å². The molecule has 34 heteroatoms. The number of rotatable bonds is 19. The molecule has 1 N–H and O–H groups in total. The number of nitrogens with one attached hydrogen (secondary N) is 1. The van der Waals surface area contributed by atoms with Crippen molar-refractivity contribution in [3.05, 3.63) is 163 Å². The van der Waals surface area contributed by atoms with E-state index in [4.69, 9.17) is 74.9 Å². The lowest BCUT2D eigenvalue weighted by molar-refractivity contribution is -0.148. The summed E-state index contributed by atoms with van der Waals surface area (Å²) < 4.78 is 96.0. The Morgan fingerprint density at radius 3 is 1.94 bits per heavy atom. The summed E-state index contributed by atoms with van der Waals surface area (Å²) in [7, 11) is -2.02. The lowest BCUT2D eigenvalue weighted by Gasteiger charge is -2.32. The molecule has 0 bridgehead atoms. The zero-order valence-corrected chi connectivity index (χ0v) is 63.6. The number of alkyl halides is 3. The van der Waals surface area contributed by atoms with Gasteiger partial charge in [0.25, 0.3) is 11.1 Å². The molecule has 3 aliphatic rings. The van der Waals surface area contributed by atoms with Crippen molar-refractivity contribution in [1.82, 2.24) is 33.5 Å². The first-order chi connectivity index (χ1) is 48.9. The second kappa shape index (κ2) is 34.9. The molecule has 4 aromatic carbocycles. The number of aromatic nitrogens is 7. The van der Waals surface area contributed by atoms with Gasteiger partial charge in [-0.1, -0.05) is 71.5 Å². The summed E-state index contributed by atoms with van der Waals surface area (Å²) in [6.07, 6.45) is 4.43. The van der Waals surface area contributed by atoms with Crippen molar-refractivity contribution in [2.45, 2.75) is 151 Å². The number of ether oxygens (including phenoxy) is 5. The van der Waals surface area contributed by atoms with Crippen LogP contribution in [0.4, 0.5) is 18.9 Å². The number of H-pyrrole nitrogens is 1. The minimum absolute atomic E-state index is 0.00623. The molecule has 2 atom stereocenters. The number of carbonyl (C=O) groups excluding carboxylic acids is 5. The second-order valence-electron chi connectivity index (χ2n) is 25.1. The summed E-state index contributed by atoms with van der Waals surface area (Å²) >= 11 is 24.1. The number of nitrogens with zero attached hydrogens (tertiary/aromatic N) is 9. The third kappa shape index (κ3) is 18.5. The van der Waals surface area contributed by atoms with Crippen LogP contribution in [0.25, 0.3) is 16.8 Å². The predicted octanol–water partition coefficient (Wildman–Crippen LogP) is 11.2. The van der Waals surface area contributed by atoms with E-state index in [0.717, 1.165) is 47.9 Å². The number of benzene rings is 4. The Kier molecular flexibility index (Phi) is 27.6. The van der Waals surface area contributed by atoms with Crippen LogP contribution in [-0.4, -0.2) is 140 Å². The Bertz CT molecular complexity index is 4780. The topological polar surface area (TPSA) is 307 Å². The highest BCUT2D eigenvalue weighted by molar-refractivity contribution is 7.90. The SMILES string of the molecule is CCOC(=O)C(Cl)Cc1cc(-n2nc(C)n(C(F)F)c2=O)c(F)cc1Cl.CCOC(=O)C1=NN(c2ccc(Cl)cc2Cl)C(C)(C(=O)OCC)C1.CCc1cc(C)cc(CC)c1-c1c(OC(=O)C(C)(C)C)n2n(c1=O)CCOCC2.Cc1c(C(=O)c2c[nH]n(C)c2=O)ccc(S(C)(=O)=O)c1C1=NOCC1. The van der Waals surface area contributed by atoms with Crippen LogP contribution in [0.3, 0.4) is 0 Å². The van der Waals surface area contributed by atoms with Crippen molar-refractivity contribution in [1.29, 1.82) is 0 Å². The molecule has 0 aliphatic carbocycles. The number of hydrogen-bond acceptors (Lipinski definition) is 20. The Morgan fingerprint density at radius 2 is 1.40 bits per heavy atom. The van der Waals surface area contributed by atoms with E-state index in [1.54, 1.807) is 62.2 Å². The zero-order valence-electron chi connectivity index (χ0n) is 59.7. The van der Waals surface area contributed by atoms with Crippen LogP contribution >= 0.6 is 46.4 Å². The van der Waals surface area contributed by atoms with Gasteiger partial charge < -0.3 is 33.6 Å². The van der Waals surface area contributed by atoms with E-state index in [2.05, 4.69) is 53.4 Å². The molecular formula is C70H81Cl4F3N10O16S. The minimum atomic E-state index is -3.52. The fourth-order valence-electron chi connectivity index (χ4n) is 11.3. The number of aromatic amines is 1. The average Bonchev–Trinajstić information content (AvgIpc) is 1.60. The third-order valence-corrected chi connectivity index (χ3v) is 18.9. The molecule has 0 saturated heterocycles. The van der Waals surface area contributed by atoms with Crippen molar-refractivity contribution >= 4 is 103 Å². The Balaban J connectivity index is 0.000000194. The number of anilines is 1. The summed E-state index contributed by atoms with van der Waals surface area (Å²) in [4.78, 5) is 104. The fraction of sp³-hybridized carbons (Fsp3) is 0.443. The molecule has 26 nitrogen and oxygen atoms in total. The molecule has 0 radical (unpaired) electrons. The van der Waals surface area contributed by atoms with Gasteiger partial charge in [-0.05, 0) is 152 Å². The Hall–Kier alpha value is -8.81. The van der Waals surface area contributed by atoms with Crippen molar-refractivity contribution < 1.29 is 74.1 Å². The van der Waals surface area contributed by atoms with E-state index in [1.165, 1.54) is 47.6 Å². The number of fused-ring (bicyclic) bond motifs is 1. The quantitative estimate of drug-likeness (QED) is 0.0340. The fourth-order valence-corrected chi connectivity index (χ4v) is 13.2. The number of esters is 4. The summed E-state index contributed by atoms with van der Waals surface area (Å²) in [5, 5.41) is 15.5. The smallest absolute Gasteiger partial charge is 0.355 e.